The van der Waals surface area contributed by atoms with Crippen molar-refractivity contribution in [2.24, 2.45) is 5.92 Å². The van der Waals surface area contributed by atoms with Gasteiger partial charge < -0.3 is 4.90 Å². The normalized spacial score (nSPS) is 26.9. The van der Waals surface area contributed by atoms with Crippen molar-refractivity contribution < 1.29 is 4.39 Å². The number of nitrogens with zero attached hydrogens (tertiary/aromatic N) is 3. The van der Waals surface area contributed by atoms with Gasteiger partial charge in [-0.3, -0.25) is 0 Å². The van der Waals surface area contributed by atoms with E-state index in [1.807, 2.05) is 0 Å². The Morgan fingerprint density at radius 1 is 1.43 bits per heavy atom. The Kier molecular flexibility index (Phi) is 2.67. The van der Waals surface area contributed by atoms with Crippen LogP contribution in [0.2, 0.25) is 0 Å². The summed E-state index contributed by atoms with van der Waals surface area (Å²) in [5, 5.41) is 0. The van der Waals surface area contributed by atoms with Gasteiger partial charge in [-0.15, -0.1) is 0 Å². The van der Waals surface area contributed by atoms with Gasteiger partial charge in [-0.05, 0) is 5.92 Å². The van der Waals surface area contributed by atoms with Crippen molar-refractivity contribution in [3.05, 3.63) is 18.2 Å². The highest BCUT2D eigenvalue weighted by Crippen LogP contribution is 2.25. The van der Waals surface area contributed by atoms with Crippen molar-refractivity contribution in [2.75, 3.05) is 18.0 Å². The molecule has 1 aromatic rings. The molecule has 0 bridgehead atoms. The van der Waals surface area contributed by atoms with E-state index in [-0.39, 0.29) is 0 Å². The molecule has 1 saturated heterocycles. The number of alkyl halides is 1. The molecule has 2 atom stereocenters. The lowest BCUT2D eigenvalue weighted by Crippen LogP contribution is -2.22. The van der Waals surface area contributed by atoms with Gasteiger partial charge in [0.1, 0.15) is 0 Å². The molecule has 1 aromatic heterocycles. The van der Waals surface area contributed by atoms with Crippen LogP contribution in [-0.2, 0) is 0 Å². The maximum absolute atomic E-state index is 12.6. The van der Waals surface area contributed by atoms with Crippen LogP contribution in [0.25, 0.3) is 0 Å². The van der Waals surface area contributed by atoms with Gasteiger partial charge in [0.2, 0.25) is 5.95 Å². The SMILES string of the molecule is CC1CN(c2ncc(F)cn2)CC1Br. The van der Waals surface area contributed by atoms with Crippen LogP contribution in [0.5, 0.6) is 0 Å². The molecular weight excluding hydrogens is 249 g/mol. The molecule has 5 heteroatoms. The lowest BCUT2D eigenvalue weighted by molar-refractivity contribution is 0.611. The average Bonchev–Trinajstić information content (AvgIpc) is 2.48. The first kappa shape index (κ1) is 9.83. The first-order valence-corrected chi connectivity index (χ1v) is 5.45. The van der Waals surface area contributed by atoms with Crippen molar-refractivity contribution >= 4 is 21.9 Å². The molecule has 1 aliphatic rings. The summed E-state index contributed by atoms with van der Waals surface area (Å²) >= 11 is 3.58. The fourth-order valence-electron chi connectivity index (χ4n) is 1.56. The van der Waals surface area contributed by atoms with Gasteiger partial charge in [0.05, 0.1) is 12.4 Å². The molecule has 0 aromatic carbocycles. The predicted molar refractivity (Wildman–Crippen MR) is 56.1 cm³/mol. The highest BCUT2D eigenvalue weighted by atomic mass is 79.9. The molecule has 0 N–H and O–H groups in total. The smallest absolute Gasteiger partial charge is 0.225 e. The quantitative estimate of drug-likeness (QED) is 0.721. The zero-order chi connectivity index (χ0) is 10.1. The van der Waals surface area contributed by atoms with Crippen LogP contribution in [0.15, 0.2) is 12.4 Å². The lowest BCUT2D eigenvalue weighted by atomic mass is 10.2. The van der Waals surface area contributed by atoms with E-state index in [1.165, 1.54) is 12.4 Å². The van der Waals surface area contributed by atoms with Crippen LogP contribution in [0, 0.1) is 11.7 Å². The molecular formula is C9H11BrFN3. The molecule has 1 fully saturated rings. The first-order valence-electron chi connectivity index (χ1n) is 4.53. The lowest BCUT2D eigenvalue weighted by Gasteiger charge is -2.14. The zero-order valence-corrected chi connectivity index (χ0v) is 9.41. The molecule has 0 spiro atoms. The Labute approximate surface area is 90.5 Å². The van der Waals surface area contributed by atoms with Crippen molar-refractivity contribution in [1.82, 2.24) is 9.97 Å². The van der Waals surface area contributed by atoms with Gasteiger partial charge in [0.15, 0.2) is 5.82 Å². The minimum atomic E-state index is -0.392. The van der Waals surface area contributed by atoms with E-state index in [9.17, 15) is 4.39 Å². The number of halogens is 2. The summed E-state index contributed by atoms with van der Waals surface area (Å²) in [6.45, 7) is 3.97. The van der Waals surface area contributed by atoms with E-state index in [2.05, 4.69) is 37.7 Å². The van der Waals surface area contributed by atoms with Gasteiger partial charge in [-0.2, -0.15) is 0 Å². The maximum Gasteiger partial charge on any atom is 0.225 e. The minimum absolute atomic E-state index is 0.392. The van der Waals surface area contributed by atoms with Gasteiger partial charge in [-0.25, -0.2) is 14.4 Å². The average molecular weight is 260 g/mol. The Balaban J connectivity index is 2.13. The van der Waals surface area contributed by atoms with E-state index in [4.69, 9.17) is 0 Å². The van der Waals surface area contributed by atoms with Gasteiger partial charge >= 0.3 is 0 Å². The van der Waals surface area contributed by atoms with Crippen molar-refractivity contribution in [2.45, 2.75) is 11.8 Å². The highest BCUT2D eigenvalue weighted by molar-refractivity contribution is 9.09. The second kappa shape index (κ2) is 3.81. The van der Waals surface area contributed by atoms with Crippen LogP contribution in [-0.4, -0.2) is 27.9 Å². The summed E-state index contributed by atoms with van der Waals surface area (Å²) in [6, 6.07) is 0. The summed E-state index contributed by atoms with van der Waals surface area (Å²) in [4.78, 5) is 10.4. The van der Waals surface area contributed by atoms with Gasteiger partial charge in [-0.1, -0.05) is 22.9 Å². The second-order valence-corrected chi connectivity index (χ2v) is 4.78. The molecule has 0 amide bonds. The predicted octanol–water partition coefficient (Wildman–Crippen LogP) is 1.84. The first-order chi connectivity index (χ1) is 6.66. The molecule has 2 heterocycles. The standard InChI is InChI=1S/C9H11BrFN3/c1-6-4-14(5-8(6)10)9-12-2-7(11)3-13-9/h2-3,6,8H,4-5H2,1H3. The van der Waals surface area contributed by atoms with Crippen LogP contribution in [0.4, 0.5) is 10.3 Å². The molecule has 2 unspecified atom stereocenters. The molecule has 76 valence electrons. The third kappa shape index (κ3) is 1.87. The third-order valence-corrected chi connectivity index (χ3v) is 3.60. The maximum atomic E-state index is 12.6. The van der Waals surface area contributed by atoms with Crippen molar-refractivity contribution in [3.8, 4) is 0 Å². The van der Waals surface area contributed by atoms with Gasteiger partial charge in [0, 0.05) is 17.9 Å². The third-order valence-electron chi connectivity index (χ3n) is 2.41. The van der Waals surface area contributed by atoms with Crippen LogP contribution in [0.3, 0.4) is 0 Å². The number of rotatable bonds is 1. The largest absolute Gasteiger partial charge is 0.339 e. The molecule has 0 saturated carbocycles. The van der Waals surface area contributed by atoms with Crippen molar-refractivity contribution in [1.29, 1.82) is 0 Å². The number of hydrogen-bond acceptors (Lipinski definition) is 3. The Bertz CT molecular complexity index is 306. The molecule has 14 heavy (non-hydrogen) atoms. The zero-order valence-electron chi connectivity index (χ0n) is 7.82. The van der Waals surface area contributed by atoms with Gasteiger partial charge in [0.25, 0.3) is 0 Å². The summed E-state index contributed by atoms with van der Waals surface area (Å²) in [5.74, 6) is 0.792. The van der Waals surface area contributed by atoms with E-state index in [0.717, 1.165) is 13.1 Å². The minimum Gasteiger partial charge on any atom is -0.339 e. The van der Waals surface area contributed by atoms with Crippen LogP contribution in [0.1, 0.15) is 6.92 Å². The molecule has 3 nitrogen and oxygen atoms in total. The summed E-state index contributed by atoms with van der Waals surface area (Å²) in [6.07, 6.45) is 2.41. The second-order valence-electron chi connectivity index (χ2n) is 3.60. The molecule has 1 aliphatic heterocycles. The molecule has 2 rings (SSSR count). The van der Waals surface area contributed by atoms with Crippen LogP contribution >= 0.6 is 15.9 Å². The Morgan fingerprint density at radius 3 is 2.57 bits per heavy atom. The molecule has 0 aliphatic carbocycles. The van der Waals surface area contributed by atoms with E-state index in [0.29, 0.717) is 16.7 Å². The number of aromatic nitrogens is 2. The highest BCUT2D eigenvalue weighted by Gasteiger charge is 2.28. The number of anilines is 1. The van der Waals surface area contributed by atoms with Crippen LogP contribution < -0.4 is 4.90 Å². The summed E-state index contributed by atoms with van der Waals surface area (Å²) < 4.78 is 12.6. The van der Waals surface area contributed by atoms with E-state index < -0.39 is 5.82 Å². The van der Waals surface area contributed by atoms with Crippen molar-refractivity contribution in [3.63, 3.8) is 0 Å². The topological polar surface area (TPSA) is 29.0 Å². The fraction of sp³-hybridized carbons (Fsp3) is 0.556. The van der Waals surface area contributed by atoms with E-state index >= 15 is 0 Å². The Morgan fingerprint density at radius 2 is 2.07 bits per heavy atom. The Hall–Kier alpha value is -0.710. The number of hydrogen-bond donors (Lipinski definition) is 0. The molecule has 0 radical (unpaired) electrons. The monoisotopic (exact) mass is 259 g/mol. The van der Waals surface area contributed by atoms with E-state index in [1.54, 1.807) is 0 Å². The summed E-state index contributed by atoms with van der Waals surface area (Å²) in [5.41, 5.74) is 0. The fourth-order valence-corrected chi connectivity index (χ4v) is 2.08. The summed E-state index contributed by atoms with van der Waals surface area (Å²) in [7, 11) is 0.